The first-order valence-electron chi connectivity index (χ1n) is 11.5. The molecule has 0 aliphatic carbocycles. The number of hydrogen-bond acceptors (Lipinski definition) is 6. The Hall–Kier alpha value is -4.69. The molecule has 0 radical (unpaired) electrons. The number of carbonyl (C=O) groups is 1. The predicted molar refractivity (Wildman–Crippen MR) is 147 cm³/mol. The largest absolute Gasteiger partial charge is 0.507 e. The van der Waals surface area contributed by atoms with Crippen molar-refractivity contribution in [1.82, 2.24) is 10.3 Å². The molecule has 0 spiro atoms. The maximum atomic E-state index is 12.8. The Labute approximate surface area is 218 Å². The maximum absolute atomic E-state index is 12.8. The van der Waals surface area contributed by atoms with Gasteiger partial charge in [0, 0.05) is 11.3 Å². The van der Waals surface area contributed by atoms with E-state index in [9.17, 15) is 9.90 Å². The molecule has 0 saturated heterocycles. The van der Waals surface area contributed by atoms with Crippen LogP contribution in [0.4, 0.5) is 5.69 Å². The number of carbonyl (C=O) groups excluding carboxylic acids is 1. The Morgan fingerprint density at radius 3 is 2.68 bits per heavy atom. The second kappa shape index (κ2) is 10.5. The highest BCUT2D eigenvalue weighted by atomic mass is 32.1. The smallest absolute Gasteiger partial charge is 0.257 e. The normalized spacial score (nSPS) is 10.7. The number of amides is 1. The lowest BCUT2D eigenvalue weighted by Crippen LogP contribution is -2.34. The second-order valence-corrected chi connectivity index (χ2v) is 8.84. The number of aromatic nitrogens is 1. The minimum atomic E-state index is -0.379. The molecular formula is C29H23N3O4S. The van der Waals surface area contributed by atoms with Crippen LogP contribution >= 0.6 is 12.2 Å². The zero-order valence-corrected chi connectivity index (χ0v) is 20.7. The van der Waals surface area contributed by atoms with Crippen LogP contribution in [0.2, 0.25) is 0 Å². The van der Waals surface area contributed by atoms with Crippen molar-refractivity contribution >= 4 is 40.0 Å². The lowest BCUT2D eigenvalue weighted by Gasteiger charge is -2.12. The number of aromatic hydroxyl groups is 1. The molecule has 0 fully saturated rings. The molecule has 0 saturated carbocycles. The average molecular weight is 510 g/mol. The van der Waals surface area contributed by atoms with Gasteiger partial charge in [0.1, 0.15) is 23.6 Å². The monoisotopic (exact) mass is 509 g/mol. The van der Waals surface area contributed by atoms with Crippen molar-refractivity contribution in [3.63, 3.8) is 0 Å². The Morgan fingerprint density at radius 2 is 1.84 bits per heavy atom. The first kappa shape index (κ1) is 24.0. The van der Waals surface area contributed by atoms with Crippen LogP contribution in [0.5, 0.6) is 11.5 Å². The van der Waals surface area contributed by atoms with Gasteiger partial charge in [0.2, 0.25) is 5.89 Å². The lowest BCUT2D eigenvalue weighted by atomic mass is 10.1. The summed E-state index contributed by atoms with van der Waals surface area (Å²) in [5.74, 6) is 0.489. The van der Waals surface area contributed by atoms with E-state index >= 15 is 0 Å². The summed E-state index contributed by atoms with van der Waals surface area (Å²) in [6.07, 6.45) is 0. The third kappa shape index (κ3) is 5.76. The molecule has 5 aromatic rings. The zero-order valence-electron chi connectivity index (χ0n) is 19.9. The summed E-state index contributed by atoms with van der Waals surface area (Å²) in [6, 6.07) is 27.2. The third-order valence-corrected chi connectivity index (χ3v) is 5.80. The molecule has 1 aromatic heterocycles. The van der Waals surface area contributed by atoms with Gasteiger partial charge in [0.15, 0.2) is 10.7 Å². The number of nitrogens with one attached hydrogen (secondary N) is 2. The molecule has 1 heterocycles. The topological polar surface area (TPSA) is 96.6 Å². The van der Waals surface area contributed by atoms with E-state index in [-0.39, 0.29) is 22.7 Å². The van der Waals surface area contributed by atoms with Gasteiger partial charge in [-0.25, -0.2) is 4.98 Å². The van der Waals surface area contributed by atoms with Crippen LogP contribution in [0, 0.1) is 6.92 Å². The maximum Gasteiger partial charge on any atom is 0.257 e. The van der Waals surface area contributed by atoms with E-state index in [1.165, 1.54) is 6.07 Å². The van der Waals surface area contributed by atoms with Crippen LogP contribution in [-0.2, 0) is 6.61 Å². The standard InChI is InChI=1S/C29H23N3O4S/c1-18-10-13-26-24(14-18)31-28(36-26)23-16-21(11-12-25(23)33)30-29(37)32-27(34)20-8-5-9-22(15-20)35-17-19-6-3-2-4-7-19/h2-16,33H,17H2,1H3,(H2,30,32,34,37). The number of oxazole rings is 1. The van der Waals surface area contributed by atoms with Gasteiger partial charge in [-0.2, -0.15) is 0 Å². The lowest BCUT2D eigenvalue weighted by molar-refractivity contribution is 0.0977. The van der Waals surface area contributed by atoms with E-state index in [0.29, 0.717) is 40.3 Å². The molecule has 0 atom stereocenters. The summed E-state index contributed by atoms with van der Waals surface area (Å²) in [4.78, 5) is 17.3. The predicted octanol–water partition coefficient (Wildman–Crippen LogP) is 6.21. The van der Waals surface area contributed by atoms with Crippen molar-refractivity contribution in [1.29, 1.82) is 0 Å². The van der Waals surface area contributed by atoms with E-state index in [1.54, 1.807) is 36.4 Å². The van der Waals surface area contributed by atoms with Gasteiger partial charge < -0.3 is 19.6 Å². The molecule has 0 aliphatic rings. The number of phenolic OH excluding ortho intramolecular Hbond substituents is 1. The Bertz CT molecular complexity index is 1600. The summed E-state index contributed by atoms with van der Waals surface area (Å²) in [5, 5.41) is 16.1. The van der Waals surface area contributed by atoms with Crippen molar-refractivity contribution < 1.29 is 19.1 Å². The van der Waals surface area contributed by atoms with E-state index in [0.717, 1.165) is 11.1 Å². The van der Waals surface area contributed by atoms with E-state index in [4.69, 9.17) is 21.4 Å². The molecule has 1 amide bonds. The van der Waals surface area contributed by atoms with Gasteiger partial charge in [0.25, 0.3) is 5.91 Å². The molecule has 184 valence electrons. The fourth-order valence-corrected chi connectivity index (χ4v) is 3.95. The Balaban J connectivity index is 1.25. The minimum absolute atomic E-state index is 0.0103. The molecule has 3 N–H and O–H groups in total. The van der Waals surface area contributed by atoms with Gasteiger partial charge in [0.05, 0.1) is 5.56 Å². The van der Waals surface area contributed by atoms with Crippen LogP contribution in [0.1, 0.15) is 21.5 Å². The highest BCUT2D eigenvalue weighted by molar-refractivity contribution is 7.80. The summed E-state index contributed by atoms with van der Waals surface area (Å²) in [5.41, 5.74) is 4.77. The molecule has 4 aromatic carbocycles. The fourth-order valence-electron chi connectivity index (χ4n) is 3.74. The SMILES string of the molecule is Cc1ccc2oc(-c3cc(NC(=S)NC(=O)c4cccc(OCc5ccccc5)c4)ccc3O)nc2c1. The first-order chi connectivity index (χ1) is 17.9. The van der Waals surface area contributed by atoms with Gasteiger partial charge >= 0.3 is 0 Å². The fraction of sp³-hybridized carbons (Fsp3) is 0.0690. The van der Waals surface area contributed by atoms with Crippen molar-refractivity contribution in [2.24, 2.45) is 0 Å². The Kier molecular flexibility index (Phi) is 6.83. The molecule has 0 unspecified atom stereocenters. The average Bonchev–Trinajstić information content (AvgIpc) is 3.32. The quantitative estimate of drug-likeness (QED) is 0.185. The van der Waals surface area contributed by atoms with Gasteiger partial charge in [-0.15, -0.1) is 0 Å². The number of anilines is 1. The summed E-state index contributed by atoms with van der Waals surface area (Å²) in [6.45, 7) is 2.37. The summed E-state index contributed by atoms with van der Waals surface area (Å²) in [7, 11) is 0. The minimum Gasteiger partial charge on any atom is -0.507 e. The highest BCUT2D eigenvalue weighted by Crippen LogP contribution is 2.33. The number of benzene rings is 4. The molecule has 7 nitrogen and oxygen atoms in total. The molecule has 0 bridgehead atoms. The zero-order chi connectivity index (χ0) is 25.8. The number of rotatable bonds is 6. The molecular weight excluding hydrogens is 486 g/mol. The van der Waals surface area contributed by atoms with Crippen LogP contribution in [0.25, 0.3) is 22.6 Å². The third-order valence-electron chi connectivity index (χ3n) is 5.60. The van der Waals surface area contributed by atoms with E-state index in [1.807, 2.05) is 55.5 Å². The Morgan fingerprint density at radius 1 is 1.00 bits per heavy atom. The molecule has 8 heteroatoms. The summed E-state index contributed by atoms with van der Waals surface area (Å²) >= 11 is 5.34. The number of aryl methyl sites for hydroxylation is 1. The van der Waals surface area contributed by atoms with E-state index < -0.39 is 0 Å². The van der Waals surface area contributed by atoms with Gasteiger partial charge in [-0.05, 0) is 78.8 Å². The van der Waals surface area contributed by atoms with Crippen molar-refractivity contribution in [2.75, 3.05) is 5.32 Å². The second-order valence-electron chi connectivity index (χ2n) is 8.43. The van der Waals surface area contributed by atoms with Crippen LogP contribution < -0.4 is 15.4 Å². The van der Waals surface area contributed by atoms with E-state index in [2.05, 4.69) is 15.6 Å². The molecule has 5 rings (SSSR count). The number of nitrogens with zero attached hydrogens (tertiary/aromatic N) is 1. The van der Waals surface area contributed by atoms with Crippen molar-refractivity contribution in [3.05, 3.63) is 108 Å². The highest BCUT2D eigenvalue weighted by Gasteiger charge is 2.15. The van der Waals surface area contributed by atoms with Crippen molar-refractivity contribution in [3.8, 4) is 23.0 Å². The van der Waals surface area contributed by atoms with Crippen LogP contribution in [0.3, 0.4) is 0 Å². The molecule has 37 heavy (non-hydrogen) atoms. The van der Waals surface area contributed by atoms with Crippen LogP contribution in [0.15, 0.2) is 95.4 Å². The summed E-state index contributed by atoms with van der Waals surface area (Å²) < 4.78 is 11.6. The van der Waals surface area contributed by atoms with Crippen LogP contribution in [-0.4, -0.2) is 21.1 Å². The van der Waals surface area contributed by atoms with Crippen molar-refractivity contribution in [2.45, 2.75) is 13.5 Å². The van der Waals surface area contributed by atoms with Gasteiger partial charge in [-0.3, -0.25) is 10.1 Å². The number of thiocarbonyl (C=S) groups is 1. The van der Waals surface area contributed by atoms with Gasteiger partial charge in [-0.1, -0.05) is 42.5 Å². The number of phenols is 1. The first-order valence-corrected chi connectivity index (χ1v) is 12.0. The number of ether oxygens (including phenoxy) is 1. The molecule has 0 aliphatic heterocycles. The number of fused-ring (bicyclic) bond motifs is 1. The number of hydrogen-bond donors (Lipinski definition) is 3.